The Morgan fingerprint density at radius 1 is 1.30 bits per heavy atom. The third kappa shape index (κ3) is 2.81. The van der Waals surface area contributed by atoms with Gasteiger partial charge >= 0.3 is 0 Å². The fourth-order valence-electron chi connectivity index (χ4n) is 1.84. The van der Waals surface area contributed by atoms with Crippen molar-refractivity contribution < 1.29 is 9.32 Å². The molecule has 0 saturated heterocycles. The molecule has 6 heteroatoms. The Balaban J connectivity index is 1.80. The van der Waals surface area contributed by atoms with E-state index in [2.05, 4.69) is 10.5 Å². The first-order valence-electron chi connectivity index (χ1n) is 6.34. The highest BCUT2D eigenvalue weighted by Gasteiger charge is 2.25. The molecule has 1 N–H and O–H groups in total. The first kappa shape index (κ1) is 13.5. The molecular weight excluding hydrogens is 299 g/mol. The van der Waals surface area contributed by atoms with E-state index >= 15 is 0 Å². The van der Waals surface area contributed by atoms with Crippen LogP contribution in [0.3, 0.4) is 0 Å². The van der Waals surface area contributed by atoms with Crippen LogP contribution in [0.1, 0.15) is 23.3 Å². The van der Waals surface area contributed by atoms with Gasteiger partial charge in [0.2, 0.25) is 0 Å². The minimum absolute atomic E-state index is 0.122. The zero-order chi connectivity index (χ0) is 14.1. The summed E-state index contributed by atoms with van der Waals surface area (Å²) in [5.41, 5.74) is 0.852. The van der Waals surface area contributed by atoms with Gasteiger partial charge in [-0.05, 0) is 43.0 Å². The summed E-state index contributed by atoms with van der Waals surface area (Å²) in [6, 6.07) is 6.98. The Morgan fingerprint density at radius 3 is 2.65 bits per heavy atom. The van der Waals surface area contributed by atoms with Crippen LogP contribution in [-0.2, 0) is 0 Å². The number of hydrogen-bond donors (Lipinski definition) is 1. The third-order valence-electron chi connectivity index (χ3n) is 3.21. The van der Waals surface area contributed by atoms with E-state index in [0.29, 0.717) is 23.2 Å². The number of aromatic nitrogens is 1. The average Bonchev–Trinajstić information content (AvgIpc) is 3.19. The highest BCUT2D eigenvalue weighted by molar-refractivity contribution is 6.35. The van der Waals surface area contributed by atoms with Gasteiger partial charge in [0.05, 0.1) is 0 Å². The molecule has 0 atom stereocenters. The first-order valence-corrected chi connectivity index (χ1v) is 7.10. The van der Waals surface area contributed by atoms with Crippen LogP contribution in [0.15, 0.2) is 28.8 Å². The summed E-state index contributed by atoms with van der Waals surface area (Å²) in [6.45, 7) is 0.665. The molecule has 0 bridgehead atoms. The van der Waals surface area contributed by atoms with Crippen LogP contribution in [-0.4, -0.2) is 17.6 Å². The Kier molecular flexibility index (Phi) is 3.68. The molecule has 1 aliphatic carbocycles. The van der Waals surface area contributed by atoms with E-state index < -0.39 is 0 Å². The fourth-order valence-corrected chi connectivity index (χ4v) is 2.23. The zero-order valence-corrected chi connectivity index (χ0v) is 12.0. The van der Waals surface area contributed by atoms with E-state index in [1.165, 1.54) is 12.8 Å². The van der Waals surface area contributed by atoms with Crippen molar-refractivity contribution in [3.05, 3.63) is 40.0 Å². The first-order chi connectivity index (χ1) is 9.65. The van der Waals surface area contributed by atoms with E-state index in [9.17, 15) is 4.79 Å². The van der Waals surface area contributed by atoms with Gasteiger partial charge in [0, 0.05) is 17.1 Å². The Hall–Kier alpha value is -1.52. The van der Waals surface area contributed by atoms with Crippen molar-refractivity contribution in [2.24, 2.45) is 5.92 Å². The number of carbonyl (C=O) groups is 1. The maximum absolute atomic E-state index is 12.0. The molecule has 0 radical (unpaired) electrons. The fraction of sp³-hybridized carbons (Fsp3) is 0.286. The van der Waals surface area contributed by atoms with Crippen molar-refractivity contribution in [1.82, 2.24) is 10.5 Å². The number of rotatable bonds is 4. The van der Waals surface area contributed by atoms with Crippen LogP contribution in [0.2, 0.25) is 10.0 Å². The maximum Gasteiger partial charge on any atom is 0.275 e. The van der Waals surface area contributed by atoms with E-state index in [4.69, 9.17) is 27.7 Å². The molecule has 3 rings (SSSR count). The SMILES string of the molecule is O=C(NCC1CC1)c1noc(-c2ccc(Cl)cc2)c1Cl. The average molecular weight is 311 g/mol. The van der Waals surface area contributed by atoms with Gasteiger partial charge in [-0.1, -0.05) is 28.4 Å². The molecule has 1 saturated carbocycles. The smallest absolute Gasteiger partial charge is 0.275 e. The summed E-state index contributed by atoms with van der Waals surface area (Å²) in [6.07, 6.45) is 2.34. The molecular formula is C14H12Cl2N2O2. The summed E-state index contributed by atoms with van der Waals surface area (Å²) in [4.78, 5) is 12.0. The van der Waals surface area contributed by atoms with Crippen LogP contribution in [0.4, 0.5) is 0 Å². The third-order valence-corrected chi connectivity index (χ3v) is 3.81. The molecule has 2 aromatic rings. The molecule has 4 nitrogen and oxygen atoms in total. The number of amides is 1. The minimum atomic E-state index is -0.300. The van der Waals surface area contributed by atoms with Gasteiger partial charge in [0.15, 0.2) is 11.5 Å². The van der Waals surface area contributed by atoms with Crippen LogP contribution in [0.5, 0.6) is 0 Å². The van der Waals surface area contributed by atoms with Crippen molar-refractivity contribution in [2.45, 2.75) is 12.8 Å². The summed E-state index contributed by atoms with van der Waals surface area (Å²) in [7, 11) is 0. The summed E-state index contributed by atoms with van der Waals surface area (Å²) < 4.78 is 5.18. The topological polar surface area (TPSA) is 55.1 Å². The van der Waals surface area contributed by atoms with Crippen LogP contribution >= 0.6 is 23.2 Å². The maximum atomic E-state index is 12.0. The van der Waals surface area contributed by atoms with E-state index in [-0.39, 0.29) is 16.6 Å². The lowest BCUT2D eigenvalue weighted by molar-refractivity contribution is 0.0943. The largest absolute Gasteiger partial charge is 0.354 e. The van der Waals surface area contributed by atoms with Gasteiger partial charge in [-0.2, -0.15) is 0 Å². The molecule has 1 fully saturated rings. The number of nitrogens with one attached hydrogen (secondary N) is 1. The van der Waals surface area contributed by atoms with Gasteiger partial charge in [-0.15, -0.1) is 0 Å². The summed E-state index contributed by atoms with van der Waals surface area (Å²) in [5.74, 6) is 0.672. The monoisotopic (exact) mass is 310 g/mol. The Bertz CT molecular complexity index is 633. The van der Waals surface area contributed by atoms with Crippen molar-refractivity contribution in [3.8, 4) is 11.3 Å². The molecule has 1 aromatic heterocycles. The quantitative estimate of drug-likeness (QED) is 0.934. The molecule has 0 aliphatic heterocycles. The summed E-state index contributed by atoms with van der Waals surface area (Å²) >= 11 is 12.0. The Morgan fingerprint density at radius 2 is 2.00 bits per heavy atom. The second-order valence-corrected chi connectivity index (χ2v) is 5.65. The van der Waals surface area contributed by atoms with Crippen LogP contribution in [0.25, 0.3) is 11.3 Å². The lowest BCUT2D eigenvalue weighted by Crippen LogP contribution is -2.26. The number of benzene rings is 1. The number of carbonyl (C=O) groups excluding carboxylic acids is 1. The highest BCUT2D eigenvalue weighted by Crippen LogP contribution is 2.32. The molecule has 0 spiro atoms. The standard InChI is InChI=1S/C14H12Cl2N2O2/c15-10-5-3-9(4-6-10)13-11(16)12(18-20-13)14(19)17-7-8-1-2-8/h3-6,8H,1-2,7H2,(H,17,19). The predicted molar refractivity (Wildman–Crippen MR) is 77.0 cm³/mol. The van der Waals surface area contributed by atoms with Gasteiger partial charge in [0.25, 0.3) is 5.91 Å². The van der Waals surface area contributed by atoms with Crippen molar-refractivity contribution in [1.29, 1.82) is 0 Å². The molecule has 104 valence electrons. The number of hydrogen-bond acceptors (Lipinski definition) is 3. The normalized spacial score (nSPS) is 14.3. The molecule has 1 aliphatic rings. The lowest BCUT2D eigenvalue weighted by Gasteiger charge is -2.00. The number of nitrogens with zero attached hydrogens (tertiary/aromatic N) is 1. The molecule has 1 heterocycles. The second-order valence-electron chi connectivity index (χ2n) is 4.83. The van der Waals surface area contributed by atoms with E-state index in [1.54, 1.807) is 24.3 Å². The Labute approximate surface area is 126 Å². The lowest BCUT2D eigenvalue weighted by atomic mass is 10.1. The summed E-state index contributed by atoms with van der Waals surface area (Å²) in [5, 5.41) is 7.41. The van der Waals surface area contributed by atoms with Crippen LogP contribution < -0.4 is 5.32 Å². The van der Waals surface area contributed by atoms with Crippen molar-refractivity contribution in [2.75, 3.05) is 6.54 Å². The molecule has 1 aromatic carbocycles. The van der Waals surface area contributed by atoms with E-state index in [0.717, 1.165) is 5.56 Å². The van der Waals surface area contributed by atoms with Crippen LogP contribution in [0, 0.1) is 5.92 Å². The zero-order valence-electron chi connectivity index (χ0n) is 10.5. The van der Waals surface area contributed by atoms with Crippen molar-refractivity contribution >= 4 is 29.1 Å². The van der Waals surface area contributed by atoms with E-state index in [1.807, 2.05) is 0 Å². The van der Waals surface area contributed by atoms with Crippen molar-refractivity contribution in [3.63, 3.8) is 0 Å². The minimum Gasteiger partial charge on any atom is -0.354 e. The highest BCUT2D eigenvalue weighted by atomic mass is 35.5. The number of halogens is 2. The predicted octanol–water partition coefficient (Wildman–Crippen LogP) is 3.79. The second kappa shape index (κ2) is 5.46. The van der Waals surface area contributed by atoms with Gasteiger partial charge < -0.3 is 9.84 Å². The molecule has 1 amide bonds. The molecule has 0 unspecified atom stereocenters. The van der Waals surface area contributed by atoms with Gasteiger partial charge in [0.1, 0.15) is 5.02 Å². The molecule has 20 heavy (non-hydrogen) atoms. The van der Waals surface area contributed by atoms with Gasteiger partial charge in [-0.3, -0.25) is 4.79 Å². The van der Waals surface area contributed by atoms with Gasteiger partial charge in [-0.25, -0.2) is 0 Å².